The lowest BCUT2D eigenvalue weighted by Crippen LogP contribution is -2.49. The molecule has 2 aromatic rings. The molecule has 1 saturated heterocycles. The van der Waals surface area contributed by atoms with Gasteiger partial charge in [0.1, 0.15) is 4.83 Å². The minimum atomic E-state index is -3.44. The van der Waals surface area contributed by atoms with Gasteiger partial charge in [0.05, 0.1) is 27.5 Å². The number of rotatable bonds is 8. The van der Waals surface area contributed by atoms with E-state index >= 15 is 0 Å². The van der Waals surface area contributed by atoms with Crippen molar-refractivity contribution in [1.82, 2.24) is 14.6 Å². The second-order valence-electron chi connectivity index (χ2n) is 7.09. The van der Waals surface area contributed by atoms with Crippen LogP contribution in [0, 0.1) is 0 Å². The Bertz CT molecular complexity index is 910. The molecule has 2 unspecified atom stereocenters. The molecule has 0 saturated carbocycles. The van der Waals surface area contributed by atoms with E-state index < -0.39 is 10.0 Å². The molecular formula is C18H28N4O4S3. The highest BCUT2D eigenvalue weighted by molar-refractivity contribution is 7.89. The SMILES string of the molecule is CCN(CC)c1nc2sc(C(=O)NCCS(=O)(=O)N3CC(C)OC(C)C3)cc2s1. The summed E-state index contributed by atoms with van der Waals surface area (Å²) >= 11 is 2.91. The van der Waals surface area contributed by atoms with Crippen LogP contribution in [0.1, 0.15) is 37.4 Å². The highest BCUT2D eigenvalue weighted by Gasteiger charge is 2.30. The van der Waals surface area contributed by atoms with Crippen molar-refractivity contribution < 1.29 is 17.9 Å². The number of nitrogens with one attached hydrogen (secondary N) is 1. The summed E-state index contributed by atoms with van der Waals surface area (Å²) in [6, 6.07) is 1.83. The van der Waals surface area contributed by atoms with Crippen molar-refractivity contribution in [3.63, 3.8) is 0 Å². The van der Waals surface area contributed by atoms with Gasteiger partial charge in [-0.25, -0.2) is 13.4 Å². The number of morpholine rings is 1. The number of nitrogens with zero attached hydrogens (tertiary/aromatic N) is 3. The third-order valence-electron chi connectivity index (χ3n) is 4.76. The molecule has 8 nitrogen and oxygen atoms in total. The summed E-state index contributed by atoms with van der Waals surface area (Å²) in [5.74, 6) is -0.383. The summed E-state index contributed by atoms with van der Waals surface area (Å²) in [6.45, 7) is 10.5. The Morgan fingerprint density at radius 2 is 1.93 bits per heavy atom. The van der Waals surface area contributed by atoms with E-state index in [1.807, 2.05) is 19.9 Å². The molecule has 2 atom stereocenters. The molecule has 11 heteroatoms. The number of hydrogen-bond donors (Lipinski definition) is 1. The van der Waals surface area contributed by atoms with Crippen LogP contribution in [0.2, 0.25) is 0 Å². The van der Waals surface area contributed by atoms with Crippen LogP contribution in [0.15, 0.2) is 6.07 Å². The third kappa shape index (κ3) is 5.26. The van der Waals surface area contributed by atoms with Crippen LogP contribution in [0.3, 0.4) is 0 Å². The molecule has 3 heterocycles. The number of fused-ring (bicyclic) bond motifs is 1. The second-order valence-corrected chi connectivity index (χ2v) is 11.2. The molecule has 0 radical (unpaired) electrons. The van der Waals surface area contributed by atoms with Crippen molar-refractivity contribution in [2.24, 2.45) is 0 Å². The van der Waals surface area contributed by atoms with E-state index in [0.29, 0.717) is 18.0 Å². The molecule has 0 aliphatic carbocycles. The maximum Gasteiger partial charge on any atom is 0.261 e. The Hall–Kier alpha value is -1.27. The summed E-state index contributed by atoms with van der Waals surface area (Å²) in [5.41, 5.74) is 0. The van der Waals surface area contributed by atoms with E-state index in [1.165, 1.54) is 15.6 Å². The highest BCUT2D eigenvalue weighted by atomic mass is 32.2. The second kappa shape index (κ2) is 9.25. The van der Waals surface area contributed by atoms with Gasteiger partial charge >= 0.3 is 0 Å². The topological polar surface area (TPSA) is 91.8 Å². The fourth-order valence-corrected chi connectivity index (χ4v) is 7.08. The summed E-state index contributed by atoms with van der Waals surface area (Å²) in [4.78, 5) is 20.6. The molecule has 0 spiro atoms. The zero-order chi connectivity index (χ0) is 21.2. The van der Waals surface area contributed by atoms with Gasteiger partial charge in [-0.3, -0.25) is 4.79 Å². The molecular weight excluding hydrogens is 432 g/mol. The van der Waals surface area contributed by atoms with E-state index in [0.717, 1.165) is 27.8 Å². The van der Waals surface area contributed by atoms with Crippen LogP contribution in [0.5, 0.6) is 0 Å². The molecule has 1 amide bonds. The van der Waals surface area contributed by atoms with Crippen LogP contribution in [0.25, 0.3) is 9.53 Å². The molecule has 3 rings (SSSR count). The first-order valence-electron chi connectivity index (χ1n) is 9.80. The fourth-order valence-electron chi connectivity index (χ4n) is 3.33. The van der Waals surface area contributed by atoms with Crippen molar-refractivity contribution in [3.8, 4) is 0 Å². The number of aromatic nitrogens is 1. The van der Waals surface area contributed by atoms with Gasteiger partial charge < -0.3 is 15.0 Å². The minimum absolute atomic E-state index is 0.0744. The van der Waals surface area contributed by atoms with Gasteiger partial charge in [0, 0.05) is 32.7 Å². The van der Waals surface area contributed by atoms with Gasteiger partial charge in [-0.1, -0.05) is 11.3 Å². The predicted molar refractivity (Wildman–Crippen MR) is 119 cm³/mol. The van der Waals surface area contributed by atoms with E-state index in [2.05, 4.69) is 29.0 Å². The van der Waals surface area contributed by atoms with Crippen molar-refractivity contribution in [2.75, 3.05) is 43.4 Å². The highest BCUT2D eigenvalue weighted by Crippen LogP contribution is 2.34. The Labute approximate surface area is 179 Å². The quantitative estimate of drug-likeness (QED) is 0.650. The van der Waals surface area contributed by atoms with Crippen LogP contribution in [-0.2, 0) is 14.8 Å². The number of sulfonamides is 1. The van der Waals surface area contributed by atoms with E-state index in [4.69, 9.17) is 4.74 Å². The van der Waals surface area contributed by atoms with Crippen molar-refractivity contribution >= 4 is 53.3 Å². The van der Waals surface area contributed by atoms with Gasteiger partial charge in [-0.15, -0.1) is 11.3 Å². The van der Waals surface area contributed by atoms with E-state index in [-0.39, 0.29) is 30.4 Å². The number of ether oxygens (including phenoxy) is 1. The summed E-state index contributed by atoms with van der Waals surface area (Å²) < 4.78 is 33.1. The number of carbonyl (C=O) groups excluding carboxylic acids is 1. The monoisotopic (exact) mass is 460 g/mol. The first-order valence-corrected chi connectivity index (χ1v) is 13.0. The number of carbonyl (C=O) groups is 1. The van der Waals surface area contributed by atoms with Gasteiger partial charge in [-0.05, 0) is 33.8 Å². The lowest BCUT2D eigenvalue weighted by molar-refractivity contribution is -0.0440. The molecule has 0 aromatic carbocycles. The number of thiazole rings is 1. The zero-order valence-electron chi connectivity index (χ0n) is 17.2. The molecule has 1 N–H and O–H groups in total. The van der Waals surface area contributed by atoms with Crippen molar-refractivity contribution in [2.45, 2.75) is 39.9 Å². The average molecular weight is 461 g/mol. The Morgan fingerprint density at radius 3 is 2.52 bits per heavy atom. The lowest BCUT2D eigenvalue weighted by atomic mass is 10.3. The molecule has 1 aliphatic rings. The molecule has 1 aliphatic heterocycles. The Kier molecular flexibility index (Phi) is 7.15. The number of thiophene rings is 1. The minimum Gasteiger partial charge on any atom is -0.373 e. The van der Waals surface area contributed by atoms with Crippen LogP contribution >= 0.6 is 22.7 Å². The maximum absolute atomic E-state index is 12.6. The van der Waals surface area contributed by atoms with Crippen LogP contribution in [0.4, 0.5) is 5.13 Å². The summed E-state index contributed by atoms with van der Waals surface area (Å²) in [5, 5.41) is 3.69. The summed E-state index contributed by atoms with van der Waals surface area (Å²) in [6.07, 6.45) is -0.258. The standard InChI is InChI=1S/C18H28N4O4S3/c1-5-21(6-2)18-20-17-15(28-18)9-14(27-17)16(23)19-7-8-29(24,25)22-10-12(3)26-13(4)11-22/h9,12-13H,5-8,10-11H2,1-4H3,(H,19,23). The molecule has 29 heavy (non-hydrogen) atoms. The first-order chi connectivity index (χ1) is 13.7. The normalized spacial score (nSPS) is 20.8. The van der Waals surface area contributed by atoms with Crippen LogP contribution in [-0.4, -0.2) is 74.3 Å². The predicted octanol–water partition coefficient (Wildman–Crippen LogP) is 2.37. The molecule has 0 bridgehead atoms. The average Bonchev–Trinajstić information content (AvgIpc) is 3.21. The van der Waals surface area contributed by atoms with Gasteiger partial charge in [0.2, 0.25) is 10.0 Å². The van der Waals surface area contributed by atoms with Crippen molar-refractivity contribution in [3.05, 3.63) is 10.9 Å². The first kappa shape index (κ1) is 22.4. The third-order valence-corrected chi connectivity index (χ3v) is 8.79. The van der Waals surface area contributed by atoms with E-state index in [1.54, 1.807) is 11.3 Å². The van der Waals surface area contributed by atoms with Crippen molar-refractivity contribution in [1.29, 1.82) is 0 Å². The Morgan fingerprint density at radius 1 is 1.28 bits per heavy atom. The zero-order valence-corrected chi connectivity index (χ0v) is 19.6. The van der Waals surface area contributed by atoms with Gasteiger partial charge in [0.15, 0.2) is 5.13 Å². The smallest absolute Gasteiger partial charge is 0.261 e. The molecule has 162 valence electrons. The Balaban J connectivity index is 1.57. The maximum atomic E-state index is 12.6. The van der Waals surface area contributed by atoms with Crippen LogP contribution < -0.4 is 10.2 Å². The van der Waals surface area contributed by atoms with E-state index in [9.17, 15) is 13.2 Å². The van der Waals surface area contributed by atoms with Gasteiger partial charge in [-0.2, -0.15) is 4.31 Å². The number of hydrogen-bond acceptors (Lipinski definition) is 8. The molecule has 2 aromatic heterocycles. The number of anilines is 1. The number of amides is 1. The fraction of sp³-hybridized carbons (Fsp3) is 0.667. The summed E-state index contributed by atoms with van der Waals surface area (Å²) in [7, 11) is -3.44. The molecule has 1 fully saturated rings. The lowest BCUT2D eigenvalue weighted by Gasteiger charge is -2.34. The largest absolute Gasteiger partial charge is 0.373 e. The van der Waals surface area contributed by atoms with Gasteiger partial charge in [0.25, 0.3) is 5.91 Å².